The molecule has 0 fully saturated rings. The first-order chi connectivity index (χ1) is 10.2. The van der Waals surface area contributed by atoms with E-state index in [1.54, 1.807) is 0 Å². The number of likely N-dealkylation sites (N-methyl/N-ethyl adjacent to an activating group) is 1. The van der Waals surface area contributed by atoms with Crippen molar-refractivity contribution in [2.75, 3.05) is 25.0 Å². The van der Waals surface area contributed by atoms with Crippen LogP contribution >= 0.6 is 11.6 Å². The van der Waals surface area contributed by atoms with Gasteiger partial charge in [-0.2, -0.15) is 0 Å². The minimum absolute atomic E-state index is 0.689. The number of halogens is 1. The van der Waals surface area contributed by atoms with E-state index in [0.717, 1.165) is 43.1 Å². The summed E-state index contributed by atoms with van der Waals surface area (Å²) < 4.78 is 0. The van der Waals surface area contributed by atoms with Crippen LogP contribution in [0.4, 0.5) is 5.82 Å². The van der Waals surface area contributed by atoms with E-state index < -0.39 is 0 Å². The Morgan fingerprint density at radius 2 is 2.14 bits per heavy atom. The van der Waals surface area contributed by atoms with Crippen molar-refractivity contribution in [2.24, 2.45) is 0 Å². The highest BCUT2D eigenvalue weighted by Crippen LogP contribution is 2.23. The van der Waals surface area contributed by atoms with Gasteiger partial charge in [0, 0.05) is 44.6 Å². The zero-order valence-electron chi connectivity index (χ0n) is 12.5. The molecule has 0 aliphatic carbocycles. The third-order valence-electron chi connectivity index (χ3n) is 3.25. The van der Waals surface area contributed by atoms with Gasteiger partial charge in [0.15, 0.2) is 0 Å². The largest absolute Gasteiger partial charge is 0.358 e. The fourth-order valence-corrected chi connectivity index (χ4v) is 2.38. The minimum Gasteiger partial charge on any atom is -0.358 e. The Hall–Kier alpha value is -1.65. The van der Waals surface area contributed by atoms with E-state index in [-0.39, 0.29) is 0 Å². The first-order valence-electron chi connectivity index (χ1n) is 7.17. The number of nitrogens with zero attached hydrogens (tertiary/aromatic N) is 3. The number of pyridine rings is 2. The number of aromatic nitrogens is 2. The van der Waals surface area contributed by atoms with E-state index in [1.165, 1.54) is 0 Å². The molecule has 0 aliphatic rings. The molecule has 0 amide bonds. The molecule has 0 aromatic carbocycles. The monoisotopic (exact) mass is 304 g/mol. The van der Waals surface area contributed by atoms with Crippen molar-refractivity contribution >= 4 is 17.4 Å². The summed E-state index contributed by atoms with van der Waals surface area (Å²) in [4.78, 5) is 10.9. The van der Waals surface area contributed by atoms with Gasteiger partial charge in [0.2, 0.25) is 0 Å². The lowest BCUT2D eigenvalue weighted by Gasteiger charge is -2.19. The van der Waals surface area contributed by atoms with E-state index in [4.69, 9.17) is 11.6 Å². The topological polar surface area (TPSA) is 41.1 Å². The number of nitrogens with one attached hydrogen (secondary N) is 1. The van der Waals surface area contributed by atoms with E-state index in [9.17, 15) is 0 Å². The van der Waals surface area contributed by atoms with E-state index in [2.05, 4.69) is 27.1 Å². The summed E-state index contributed by atoms with van der Waals surface area (Å²) in [5.41, 5.74) is 2.17. The van der Waals surface area contributed by atoms with Gasteiger partial charge in [0.25, 0.3) is 0 Å². The van der Waals surface area contributed by atoms with Crippen LogP contribution < -0.4 is 10.2 Å². The van der Waals surface area contributed by atoms with Gasteiger partial charge in [-0.15, -0.1) is 0 Å². The maximum atomic E-state index is 6.34. The van der Waals surface area contributed by atoms with Crippen LogP contribution in [0.5, 0.6) is 0 Å². The summed E-state index contributed by atoms with van der Waals surface area (Å²) in [5.74, 6) is 0.813. The molecule has 5 heteroatoms. The second kappa shape index (κ2) is 7.96. The number of hydrogen-bond acceptors (Lipinski definition) is 4. The molecule has 112 valence electrons. The summed E-state index contributed by atoms with van der Waals surface area (Å²) in [6.45, 7) is 4.63. The quantitative estimate of drug-likeness (QED) is 0.854. The number of rotatable bonds is 7. The average molecular weight is 305 g/mol. The second-order valence-corrected chi connectivity index (χ2v) is 5.33. The van der Waals surface area contributed by atoms with Crippen molar-refractivity contribution in [1.82, 2.24) is 15.3 Å². The SMILES string of the molecule is CCNCc1cnc(N(C)CCc2ccccn2)c(Cl)c1. The van der Waals surface area contributed by atoms with Crippen molar-refractivity contribution in [2.45, 2.75) is 19.9 Å². The summed E-state index contributed by atoms with van der Waals surface area (Å²) in [7, 11) is 2.00. The van der Waals surface area contributed by atoms with E-state index >= 15 is 0 Å². The van der Waals surface area contributed by atoms with Crippen LogP contribution in [-0.2, 0) is 13.0 Å². The van der Waals surface area contributed by atoms with Crippen molar-refractivity contribution in [1.29, 1.82) is 0 Å². The fourth-order valence-electron chi connectivity index (χ4n) is 2.05. The molecule has 21 heavy (non-hydrogen) atoms. The summed E-state index contributed by atoms with van der Waals surface area (Å²) in [5, 5.41) is 3.96. The van der Waals surface area contributed by atoms with Crippen LogP contribution in [0.2, 0.25) is 5.02 Å². The molecule has 4 nitrogen and oxygen atoms in total. The fraction of sp³-hybridized carbons (Fsp3) is 0.375. The summed E-state index contributed by atoms with van der Waals surface area (Å²) in [6, 6.07) is 7.93. The standard InChI is InChI=1S/C16H21ClN4/c1-3-18-11-13-10-15(17)16(20-12-13)21(2)9-7-14-6-4-5-8-19-14/h4-6,8,10,12,18H,3,7,9,11H2,1-2H3. The van der Waals surface area contributed by atoms with Crippen LogP contribution in [0, 0.1) is 0 Å². The first-order valence-corrected chi connectivity index (χ1v) is 7.54. The van der Waals surface area contributed by atoms with Crippen molar-refractivity contribution in [3.63, 3.8) is 0 Å². The molecule has 0 atom stereocenters. The Labute approximate surface area is 131 Å². The van der Waals surface area contributed by atoms with Gasteiger partial charge in [-0.25, -0.2) is 4.98 Å². The van der Waals surface area contributed by atoms with Crippen molar-refractivity contribution in [3.8, 4) is 0 Å². The highest BCUT2D eigenvalue weighted by atomic mass is 35.5. The molecule has 2 aromatic rings. The second-order valence-electron chi connectivity index (χ2n) is 4.92. The third kappa shape index (κ3) is 4.69. The molecule has 0 radical (unpaired) electrons. The molecule has 1 N–H and O–H groups in total. The highest BCUT2D eigenvalue weighted by Gasteiger charge is 2.09. The maximum Gasteiger partial charge on any atom is 0.147 e. The van der Waals surface area contributed by atoms with Gasteiger partial charge in [-0.1, -0.05) is 24.6 Å². The Morgan fingerprint density at radius 3 is 2.81 bits per heavy atom. The van der Waals surface area contributed by atoms with E-state index in [0.29, 0.717) is 5.02 Å². The minimum atomic E-state index is 0.689. The molecule has 0 saturated heterocycles. The first kappa shape index (κ1) is 15.7. The molecule has 2 heterocycles. The molecule has 0 aliphatic heterocycles. The zero-order chi connectivity index (χ0) is 15.1. The molecule has 0 bridgehead atoms. The highest BCUT2D eigenvalue weighted by molar-refractivity contribution is 6.33. The lowest BCUT2D eigenvalue weighted by Crippen LogP contribution is -2.22. The van der Waals surface area contributed by atoms with Gasteiger partial charge in [-0.05, 0) is 30.3 Å². The van der Waals surface area contributed by atoms with Gasteiger partial charge in [0.1, 0.15) is 5.82 Å². The predicted molar refractivity (Wildman–Crippen MR) is 87.8 cm³/mol. The van der Waals surface area contributed by atoms with Gasteiger partial charge >= 0.3 is 0 Å². The molecule has 0 unspecified atom stereocenters. The smallest absolute Gasteiger partial charge is 0.147 e. The Balaban J connectivity index is 1.97. The van der Waals surface area contributed by atoms with Gasteiger partial charge in [-0.3, -0.25) is 4.98 Å². The van der Waals surface area contributed by atoms with Gasteiger partial charge in [0.05, 0.1) is 5.02 Å². The molecule has 2 rings (SSSR count). The van der Waals surface area contributed by atoms with Crippen LogP contribution in [0.25, 0.3) is 0 Å². The van der Waals surface area contributed by atoms with Crippen molar-refractivity contribution in [3.05, 3.63) is 52.9 Å². The van der Waals surface area contributed by atoms with Crippen LogP contribution in [0.3, 0.4) is 0 Å². The average Bonchev–Trinajstić information content (AvgIpc) is 2.51. The van der Waals surface area contributed by atoms with Crippen LogP contribution in [-0.4, -0.2) is 30.1 Å². The van der Waals surface area contributed by atoms with Crippen LogP contribution in [0.1, 0.15) is 18.2 Å². The molecule has 2 aromatic heterocycles. The Kier molecular flexibility index (Phi) is 5.96. The molecule has 0 spiro atoms. The Morgan fingerprint density at radius 1 is 1.29 bits per heavy atom. The number of hydrogen-bond donors (Lipinski definition) is 1. The van der Waals surface area contributed by atoms with Crippen LogP contribution in [0.15, 0.2) is 36.7 Å². The maximum absolute atomic E-state index is 6.34. The molecular weight excluding hydrogens is 284 g/mol. The van der Waals surface area contributed by atoms with Gasteiger partial charge < -0.3 is 10.2 Å². The van der Waals surface area contributed by atoms with E-state index in [1.807, 2.05) is 43.7 Å². The van der Waals surface area contributed by atoms with Crippen molar-refractivity contribution < 1.29 is 0 Å². The third-order valence-corrected chi connectivity index (χ3v) is 3.53. The summed E-state index contributed by atoms with van der Waals surface area (Å²) >= 11 is 6.34. The predicted octanol–water partition coefficient (Wildman–Crippen LogP) is 2.92. The number of anilines is 1. The Bertz CT molecular complexity index is 559. The lowest BCUT2D eigenvalue weighted by molar-refractivity contribution is 0.723. The summed E-state index contributed by atoms with van der Waals surface area (Å²) in [6.07, 6.45) is 4.56. The normalized spacial score (nSPS) is 10.6. The molecular formula is C16H21ClN4. The lowest BCUT2D eigenvalue weighted by atomic mass is 10.2. The molecule has 0 saturated carbocycles. The zero-order valence-corrected chi connectivity index (χ0v) is 13.3.